The number of hydrogen-bond acceptors (Lipinski definition) is 2. The van der Waals surface area contributed by atoms with Crippen LogP contribution < -0.4 is 10.1 Å². The fourth-order valence-corrected chi connectivity index (χ4v) is 2.08. The molecule has 2 aromatic carbocycles. The van der Waals surface area contributed by atoms with Gasteiger partial charge in [-0.15, -0.1) is 0 Å². The van der Waals surface area contributed by atoms with Crippen LogP contribution in [-0.4, -0.2) is 14.2 Å². The number of benzene rings is 2. The van der Waals surface area contributed by atoms with E-state index in [1.54, 1.807) is 12.1 Å². The zero-order valence-electron chi connectivity index (χ0n) is 11.7. The molecule has 0 saturated carbocycles. The molecule has 1 unspecified atom stereocenters. The molecule has 1 N–H and O–H groups in total. The van der Waals surface area contributed by atoms with E-state index in [0.717, 1.165) is 5.56 Å². The summed E-state index contributed by atoms with van der Waals surface area (Å²) in [7, 11) is 3.31. The van der Waals surface area contributed by atoms with Crippen LogP contribution in [0.15, 0.2) is 36.4 Å². The predicted molar refractivity (Wildman–Crippen MR) is 75.8 cm³/mol. The first-order valence-corrected chi connectivity index (χ1v) is 6.37. The number of halogens is 2. The van der Waals surface area contributed by atoms with Crippen molar-refractivity contribution in [2.45, 2.75) is 13.0 Å². The Morgan fingerprint density at radius 1 is 1.05 bits per heavy atom. The molecule has 0 bridgehead atoms. The van der Waals surface area contributed by atoms with Crippen LogP contribution >= 0.6 is 0 Å². The van der Waals surface area contributed by atoms with Crippen molar-refractivity contribution in [3.8, 4) is 16.9 Å². The lowest BCUT2D eigenvalue weighted by atomic mass is 9.98. The van der Waals surface area contributed by atoms with E-state index in [1.165, 1.54) is 31.4 Å². The third-order valence-corrected chi connectivity index (χ3v) is 3.38. The summed E-state index contributed by atoms with van der Waals surface area (Å²) < 4.78 is 32.7. The Morgan fingerprint density at radius 2 is 1.80 bits per heavy atom. The van der Waals surface area contributed by atoms with Gasteiger partial charge in [0.05, 0.1) is 7.11 Å². The standard InChI is InChI=1S/C16H17F2NO/c1-10(19-2)11-4-6-15(18)13(8-11)14-9-12(17)5-7-16(14)20-3/h4-10,19H,1-3H3. The van der Waals surface area contributed by atoms with Gasteiger partial charge < -0.3 is 10.1 Å². The third-order valence-electron chi connectivity index (χ3n) is 3.38. The lowest BCUT2D eigenvalue weighted by Gasteiger charge is -2.14. The van der Waals surface area contributed by atoms with Gasteiger partial charge in [-0.3, -0.25) is 0 Å². The van der Waals surface area contributed by atoms with Gasteiger partial charge in [0, 0.05) is 17.2 Å². The van der Waals surface area contributed by atoms with Crippen LogP contribution in [0.5, 0.6) is 5.75 Å². The molecule has 0 aliphatic heterocycles. The van der Waals surface area contributed by atoms with Crippen LogP contribution in [0.1, 0.15) is 18.5 Å². The van der Waals surface area contributed by atoms with Gasteiger partial charge in [0.15, 0.2) is 0 Å². The average Bonchev–Trinajstić information content (AvgIpc) is 2.47. The summed E-state index contributed by atoms with van der Waals surface area (Å²) in [6.07, 6.45) is 0. The van der Waals surface area contributed by atoms with Crippen LogP contribution in [0.3, 0.4) is 0 Å². The quantitative estimate of drug-likeness (QED) is 0.914. The van der Waals surface area contributed by atoms with Gasteiger partial charge in [0.2, 0.25) is 0 Å². The van der Waals surface area contributed by atoms with E-state index in [-0.39, 0.29) is 6.04 Å². The molecule has 2 aromatic rings. The van der Waals surface area contributed by atoms with E-state index >= 15 is 0 Å². The first-order valence-electron chi connectivity index (χ1n) is 6.37. The van der Waals surface area contributed by atoms with Crippen molar-refractivity contribution in [3.63, 3.8) is 0 Å². The number of nitrogens with one attached hydrogen (secondary N) is 1. The van der Waals surface area contributed by atoms with E-state index in [1.807, 2.05) is 14.0 Å². The van der Waals surface area contributed by atoms with Gasteiger partial charge in [-0.2, -0.15) is 0 Å². The highest BCUT2D eigenvalue weighted by Crippen LogP contribution is 2.33. The van der Waals surface area contributed by atoms with E-state index in [0.29, 0.717) is 16.9 Å². The summed E-state index contributed by atoms with van der Waals surface area (Å²) in [6, 6.07) is 8.97. The van der Waals surface area contributed by atoms with Crippen LogP contribution in [0.4, 0.5) is 8.78 Å². The van der Waals surface area contributed by atoms with Crippen molar-refractivity contribution in [1.82, 2.24) is 5.32 Å². The molecule has 0 fully saturated rings. The smallest absolute Gasteiger partial charge is 0.131 e. The van der Waals surface area contributed by atoms with Gasteiger partial charge in [-0.25, -0.2) is 8.78 Å². The number of ether oxygens (including phenoxy) is 1. The minimum Gasteiger partial charge on any atom is -0.496 e. The van der Waals surface area contributed by atoms with Gasteiger partial charge in [-0.05, 0) is 49.9 Å². The highest BCUT2D eigenvalue weighted by Gasteiger charge is 2.14. The predicted octanol–water partition coefficient (Wildman–Crippen LogP) is 3.92. The molecule has 0 radical (unpaired) electrons. The van der Waals surface area contributed by atoms with Crippen molar-refractivity contribution < 1.29 is 13.5 Å². The molecule has 0 amide bonds. The Morgan fingerprint density at radius 3 is 2.45 bits per heavy atom. The van der Waals surface area contributed by atoms with Crippen LogP contribution in [0.25, 0.3) is 11.1 Å². The number of hydrogen-bond donors (Lipinski definition) is 1. The lowest BCUT2D eigenvalue weighted by Crippen LogP contribution is -2.12. The lowest BCUT2D eigenvalue weighted by molar-refractivity contribution is 0.415. The first kappa shape index (κ1) is 14.5. The molecule has 0 heterocycles. The Labute approximate surface area is 117 Å². The topological polar surface area (TPSA) is 21.3 Å². The molecule has 4 heteroatoms. The van der Waals surface area contributed by atoms with E-state index in [9.17, 15) is 8.78 Å². The maximum absolute atomic E-state index is 14.1. The van der Waals surface area contributed by atoms with E-state index in [4.69, 9.17) is 4.74 Å². The van der Waals surface area contributed by atoms with Gasteiger partial charge in [-0.1, -0.05) is 6.07 Å². The monoisotopic (exact) mass is 277 g/mol. The van der Waals surface area contributed by atoms with Crippen molar-refractivity contribution >= 4 is 0 Å². The second kappa shape index (κ2) is 6.01. The molecule has 20 heavy (non-hydrogen) atoms. The molecule has 0 saturated heterocycles. The van der Waals surface area contributed by atoms with Gasteiger partial charge in [0.1, 0.15) is 17.4 Å². The summed E-state index contributed by atoms with van der Waals surface area (Å²) in [5.74, 6) is -0.382. The summed E-state index contributed by atoms with van der Waals surface area (Å²) in [6.45, 7) is 1.97. The first-order chi connectivity index (χ1) is 9.56. The van der Waals surface area contributed by atoms with E-state index < -0.39 is 11.6 Å². The van der Waals surface area contributed by atoms with Crippen LogP contribution in [-0.2, 0) is 0 Å². The fraction of sp³-hybridized carbons (Fsp3) is 0.250. The number of methoxy groups -OCH3 is 1. The van der Waals surface area contributed by atoms with Crippen LogP contribution in [0, 0.1) is 11.6 Å². The molecule has 0 aliphatic carbocycles. The molecule has 1 atom stereocenters. The Kier molecular flexibility index (Phi) is 4.35. The van der Waals surface area contributed by atoms with Gasteiger partial charge >= 0.3 is 0 Å². The van der Waals surface area contributed by atoms with Crippen LogP contribution in [0.2, 0.25) is 0 Å². The molecular weight excluding hydrogens is 260 g/mol. The molecule has 0 spiro atoms. The average molecular weight is 277 g/mol. The SMILES string of the molecule is CNC(C)c1ccc(F)c(-c2cc(F)ccc2OC)c1. The van der Waals surface area contributed by atoms with Gasteiger partial charge in [0.25, 0.3) is 0 Å². The number of rotatable bonds is 4. The summed E-state index contributed by atoms with van der Waals surface area (Å²) in [5, 5.41) is 3.09. The molecule has 0 aromatic heterocycles. The van der Waals surface area contributed by atoms with Crippen molar-refractivity contribution in [2.24, 2.45) is 0 Å². The fourth-order valence-electron chi connectivity index (χ4n) is 2.08. The minimum absolute atomic E-state index is 0.0777. The molecular formula is C16H17F2NO. The third kappa shape index (κ3) is 2.80. The largest absolute Gasteiger partial charge is 0.496 e. The molecule has 106 valence electrons. The highest BCUT2D eigenvalue weighted by molar-refractivity contribution is 5.71. The minimum atomic E-state index is -0.424. The second-order valence-corrected chi connectivity index (χ2v) is 4.59. The summed E-state index contributed by atoms with van der Waals surface area (Å²) in [4.78, 5) is 0. The zero-order valence-corrected chi connectivity index (χ0v) is 11.7. The normalized spacial score (nSPS) is 12.2. The second-order valence-electron chi connectivity index (χ2n) is 4.59. The molecule has 2 rings (SSSR count). The maximum atomic E-state index is 14.1. The van der Waals surface area contributed by atoms with Crippen molar-refractivity contribution in [3.05, 3.63) is 53.6 Å². The highest BCUT2D eigenvalue weighted by atomic mass is 19.1. The molecule has 0 aliphatic rings. The Hall–Kier alpha value is -1.94. The molecule has 2 nitrogen and oxygen atoms in total. The van der Waals surface area contributed by atoms with Crippen molar-refractivity contribution in [2.75, 3.05) is 14.2 Å². The Balaban J connectivity index is 2.59. The zero-order chi connectivity index (χ0) is 14.7. The Bertz CT molecular complexity index is 613. The maximum Gasteiger partial charge on any atom is 0.131 e. The summed E-state index contributed by atoms with van der Waals surface area (Å²) in [5.41, 5.74) is 1.67. The van der Waals surface area contributed by atoms with Crippen molar-refractivity contribution in [1.29, 1.82) is 0 Å². The summed E-state index contributed by atoms with van der Waals surface area (Å²) >= 11 is 0. The van der Waals surface area contributed by atoms with E-state index in [2.05, 4.69) is 5.32 Å².